The molecule has 5 nitrogen and oxygen atoms in total. The second-order valence-corrected chi connectivity index (χ2v) is 9.11. The topological polar surface area (TPSA) is 74.8 Å². The predicted octanol–water partition coefficient (Wildman–Crippen LogP) is 4.88. The van der Waals surface area contributed by atoms with Crippen molar-refractivity contribution in [3.63, 3.8) is 0 Å². The molecule has 28 heavy (non-hydrogen) atoms. The van der Waals surface area contributed by atoms with Gasteiger partial charge in [0.1, 0.15) is 5.82 Å². The molecule has 2 aromatic rings. The van der Waals surface area contributed by atoms with Gasteiger partial charge in [0.25, 0.3) is 5.56 Å². The molecule has 7 heteroatoms. The molecule has 1 aromatic heterocycles. The molecule has 4 rings (SSSR count). The van der Waals surface area contributed by atoms with Gasteiger partial charge in [-0.25, -0.2) is 4.98 Å². The number of Topliss-reactive ketones (excluding diaryl/α,β-unsaturated/α-hetero) is 1. The van der Waals surface area contributed by atoms with Crippen molar-refractivity contribution in [3.8, 4) is 0 Å². The van der Waals surface area contributed by atoms with Crippen LogP contribution in [0.15, 0.2) is 45.5 Å². The number of fused-ring (bicyclic) bond motifs is 1. The van der Waals surface area contributed by atoms with Gasteiger partial charge in [-0.1, -0.05) is 49.3 Å². The van der Waals surface area contributed by atoms with E-state index >= 15 is 0 Å². The van der Waals surface area contributed by atoms with Crippen LogP contribution in [-0.2, 0) is 4.79 Å². The number of ketones is 1. The van der Waals surface area contributed by atoms with Crippen LogP contribution in [0.1, 0.15) is 56.6 Å². The van der Waals surface area contributed by atoms with Crippen molar-refractivity contribution in [1.82, 2.24) is 9.97 Å². The fourth-order valence-corrected chi connectivity index (χ4v) is 4.73. The molecule has 146 valence electrons. The summed E-state index contributed by atoms with van der Waals surface area (Å²) in [6.07, 6.45) is 3.08. The fraction of sp³-hybridized carbons (Fsp3) is 0.381. The molecule has 1 aromatic carbocycles. The van der Waals surface area contributed by atoms with Crippen LogP contribution in [0.2, 0.25) is 5.02 Å². The number of carbonyl (C=O) groups is 1. The van der Waals surface area contributed by atoms with Gasteiger partial charge < -0.3 is 10.3 Å². The highest BCUT2D eigenvalue weighted by Gasteiger charge is 2.37. The van der Waals surface area contributed by atoms with Crippen LogP contribution in [0.25, 0.3) is 0 Å². The van der Waals surface area contributed by atoms with Crippen LogP contribution >= 0.6 is 23.4 Å². The Labute approximate surface area is 173 Å². The summed E-state index contributed by atoms with van der Waals surface area (Å²) in [5.41, 5.74) is 2.76. The lowest BCUT2D eigenvalue weighted by Crippen LogP contribution is -2.32. The van der Waals surface area contributed by atoms with Crippen LogP contribution in [-0.4, -0.2) is 21.0 Å². The van der Waals surface area contributed by atoms with Gasteiger partial charge in [0.2, 0.25) is 0 Å². The lowest BCUT2D eigenvalue weighted by molar-refractivity contribution is -0.116. The van der Waals surface area contributed by atoms with Crippen molar-refractivity contribution in [2.45, 2.75) is 55.9 Å². The third-order valence-corrected chi connectivity index (χ3v) is 6.73. The smallest absolute Gasteiger partial charge is 0.257 e. The molecule has 0 amide bonds. The van der Waals surface area contributed by atoms with Gasteiger partial charge in [0, 0.05) is 33.9 Å². The third-order valence-electron chi connectivity index (χ3n) is 5.33. The first-order valence-corrected chi connectivity index (χ1v) is 10.8. The van der Waals surface area contributed by atoms with Crippen LogP contribution in [0.5, 0.6) is 0 Å². The molecule has 2 heterocycles. The number of H-pyrrole nitrogens is 1. The van der Waals surface area contributed by atoms with Gasteiger partial charge in [-0.15, -0.1) is 0 Å². The second-order valence-electron chi connectivity index (χ2n) is 7.25. The Morgan fingerprint density at radius 2 is 2.00 bits per heavy atom. The number of allylic oxidation sites excluding steroid dienone is 2. The summed E-state index contributed by atoms with van der Waals surface area (Å²) < 4.78 is 0. The Morgan fingerprint density at radius 3 is 2.71 bits per heavy atom. The number of nitrogens with zero attached hydrogens (tertiary/aromatic N) is 1. The number of nitrogens with one attached hydrogen (secondary N) is 2. The van der Waals surface area contributed by atoms with E-state index < -0.39 is 5.92 Å². The highest BCUT2D eigenvalue weighted by atomic mass is 35.5. The molecule has 1 aliphatic heterocycles. The molecule has 0 spiro atoms. The maximum atomic E-state index is 13.1. The first-order valence-electron chi connectivity index (χ1n) is 9.57. The minimum absolute atomic E-state index is 0.0943. The van der Waals surface area contributed by atoms with Crippen LogP contribution < -0.4 is 10.9 Å². The second kappa shape index (κ2) is 7.76. The summed E-state index contributed by atoms with van der Waals surface area (Å²) in [4.78, 5) is 33.5. The summed E-state index contributed by atoms with van der Waals surface area (Å²) in [6, 6.07) is 7.35. The lowest BCUT2D eigenvalue weighted by atomic mass is 9.76. The van der Waals surface area contributed by atoms with Crippen LogP contribution in [0.4, 0.5) is 5.82 Å². The molecule has 0 saturated carbocycles. The minimum Gasteiger partial charge on any atom is -0.343 e. The fourth-order valence-electron chi connectivity index (χ4n) is 3.76. The van der Waals surface area contributed by atoms with Gasteiger partial charge in [0.15, 0.2) is 10.9 Å². The maximum Gasteiger partial charge on any atom is 0.257 e. The Balaban J connectivity index is 1.88. The van der Waals surface area contributed by atoms with E-state index in [9.17, 15) is 9.59 Å². The Kier molecular flexibility index (Phi) is 5.34. The Hall–Kier alpha value is -2.05. The average molecular weight is 416 g/mol. The number of aromatic nitrogens is 2. The van der Waals surface area contributed by atoms with Crippen molar-refractivity contribution in [2.24, 2.45) is 0 Å². The number of halogens is 1. The zero-order chi connectivity index (χ0) is 19.8. The maximum absolute atomic E-state index is 13.1. The van der Waals surface area contributed by atoms with Gasteiger partial charge in [-0.05, 0) is 37.0 Å². The largest absolute Gasteiger partial charge is 0.343 e. The molecule has 1 aliphatic carbocycles. The highest BCUT2D eigenvalue weighted by molar-refractivity contribution is 7.99. The molecule has 0 bridgehead atoms. The van der Waals surface area contributed by atoms with E-state index in [0.717, 1.165) is 30.5 Å². The first kappa shape index (κ1) is 19.3. The molecular weight excluding hydrogens is 394 g/mol. The minimum atomic E-state index is -0.421. The Bertz CT molecular complexity index is 1010. The molecule has 0 saturated heterocycles. The van der Waals surface area contributed by atoms with Gasteiger partial charge in [-0.2, -0.15) is 0 Å². The van der Waals surface area contributed by atoms with Crippen molar-refractivity contribution >= 4 is 35.0 Å². The number of hydrogen-bond donors (Lipinski definition) is 2. The standard InChI is InChI=1S/C21H22ClN3O2S/c1-3-11(2)28-21-24-19-18(20(27)25-21)16(12-7-9-13(22)10-8-12)17-14(23-19)5-4-6-15(17)26/h7-11,16H,3-6H2,1-2H3,(H2,23,24,25,27)/t11-,16-/m1/s1. The van der Waals surface area contributed by atoms with E-state index in [2.05, 4.69) is 24.1 Å². The SMILES string of the molecule is CC[C@@H](C)Sc1nc2c(c(=O)[nH]1)[C@H](c1ccc(Cl)cc1)C1=C(CCCC1=O)N2. The summed E-state index contributed by atoms with van der Waals surface area (Å²) in [6.45, 7) is 4.21. The van der Waals surface area contributed by atoms with E-state index in [1.807, 2.05) is 12.1 Å². The number of anilines is 1. The van der Waals surface area contributed by atoms with Crippen LogP contribution in [0, 0.1) is 0 Å². The average Bonchev–Trinajstić information content (AvgIpc) is 2.67. The van der Waals surface area contributed by atoms with Crippen LogP contribution in [0.3, 0.4) is 0 Å². The number of aromatic amines is 1. The molecule has 2 N–H and O–H groups in total. The van der Waals surface area contributed by atoms with Crippen molar-refractivity contribution in [2.75, 3.05) is 5.32 Å². The Morgan fingerprint density at radius 1 is 1.25 bits per heavy atom. The highest BCUT2D eigenvalue weighted by Crippen LogP contribution is 2.43. The number of benzene rings is 1. The zero-order valence-corrected chi connectivity index (χ0v) is 17.4. The monoisotopic (exact) mass is 415 g/mol. The lowest BCUT2D eigenvalue weighted by Gasteiger charge is -2.32. The zero-order valence-electron chi connectivity index (χ0n) is 15.8. The van der Waals surface area contributed by atoms with E-state index in [4.69, 9.17) is 16.6 Å². The number of hydrogen-bond acceptors (Lipinski definition) is 5. The van der Waals surface area contributed by atoms with E-state index in [-0.39, 0.29) is 11.3 Å². The summed E-state index contributed by atoms with van der Waals surface area (Å²) >= 11 is 7.61. The normalized spacial score (nSPS) is 19.7. The number of carbonyl (C=O) groups excluding carboxylic acids is 1. The number of rotatable bonds is 4. The summed E-state index contributed by atoms with van der Waals surface area (Å²) in [7, 11) is 0. The summed E-state index contributed by atoms with van der Waals surface area (Å²) in [5.74, 6) is 0.231. The van der Waals surface area contributed by atoms with E-state index in [1.165, 1.54) is 0 Å². The third kappa shape index (κ3) is 3.51. The molecule has 2 aliphatic rings. The number of thioether (sulfide) groups is 1. The first-order chi connectivity index (χ1) is 13.5. The van der Waals surface area contributed by atoms with E-state index in [1.54, 1.807) is 23.9 Å². The van der Waals surface area contributed by atoms with Crippen molar-refractivity contribution in [3.05, 3.63) is 62.0 Å². The van der Waals surface area contributed by atoms with Crippen molar-refractivity contribution in [1.29, 1.82) is 0 Å². The molecule has 0 radical (unpaired) electrons. The molecular formula is C21H22ClN3O2S. The molecule has 0 unspecified atom stereocenters. The quantitative estimate of drug-likeness (QED) is 0.550. The van der Waals surface area contributed by atoms with E-state index in [0.29, 0.717) is 38.8 Å². The van der Waals surface area contributed by atoms with Crippen molar-refractivity contribution < 1.29 is 4.79 Å². The van der Waals surface area contributed by atoms with Gasteiger partial charge in [-0.3, -0.25) is 9.59 Å². The van der Waals surface area contributed by atoms with Gasteiger partial charge >= 0.3 is 0 Å². The predicted molar refractivity (Wildman–Crippen MR) is 113 cm³/mol. The molecule has 0 fully saturated rings. The summed E-state index contributed by atoms with van der Waals surface area (Å²) in [5, 5.41) is 4.87. The molecule has 2 atom stereocenters. The van der Waals surface area contributed by atoms with Gasteiger partial charge in [0.05, 0.1) is 5.56 Å².